The van der Waals surface area contributed by atoms with Crippen molar-refractivity contribution in [3.8, 4) is 11.9 Å². The molecule has 0 spiro atoms. The molecule has 2 unspecified atom stereocenters. The Hall–Kier alpha value is -3.77. The van der Waals surface area contributed by atoms with E-state index in [1.165, 1.54) is 0 Å². The molecule has 2 amide bonds. The monoisotopic (exact) mass is 518 g/mol. The van der Waals surface area contributed by atoms with Gasteiger partial charge in [0.05, 0.1) is 18.8 Å². The van der Waals surface area contributed by atoms with E-state index >= 15 is 0 Å². The summed E-state index contributed by atoms with van der Waals surface area (Å²) in [6.45, 7) is 2.16. The zero-order valence-electron chi connectivity index (χ0n) is 20.5. The van der Waals surface area contributed by atoms with Gasteiger partial charge in [0.25, 0.3) is 11.8 Å². The lowest BCUT2D eigenvalue weighted by Gasteiger charge is -2.36. The molecule has 4 heterocycles. The van der Waals surface area contributed by atoms with Gasteiger partial charge in [0, 0.05) is 26.1 Å². The number of nitrogens with zero attached hydrogens (tertiary/aromatic N) is 6. The maximum Gasteiger partial charge on any atom is 0.271 e. The molecule has 2 aromatic carbocycles. The number of likely N-dealkylation sites (N-methyl/N-ethyl adjacent to an activating group) is 1. The minimum atomic E-state index is -0.766. The summed E-state index contributed by atoms with van der Waals surface area (Å²) in [7, 11) is 1.71. The molecular weight excluding hydrogens is 492 g/mol. The van der Waals surface area contributed by atoms with Gasteiger partial charge in [-0.2, -0.15) is 10.4 Å². The van der Waals surface area contributed by atoms with E-state index in [4.69, 9.17) is 16.3 Å². The number of piperidine rings is 1. The third kappa shape index (κ3) is 4.05. The summed E-state index contributed by atoms with van der Waals surface area (Å²) in [5.41, 5.74) is 3.85. The smallest absolute Gasteiger partial charge is 0.271 e. The number of anilines is 1. The highest BCUT2D eigenvalue weighted by atomic mass is 35.5. The Morgan fingerprint density at radius 1 is 1.16 bits per heavy atom. The zero-order chi connectivity index (χ0) is 25.7. The summed E-state index contributed by atoms with van der Waals surface area (Å²) in [4.78, 5) is 32.1. The van der Waals surface area contributed by atoms with Gasteiger partial charge in [-0.1, -0.05) is 41.9 Å². The Labute approximate surface area is 220 Å². The molecule has 9 nitrogen and oxygen atoms in total. The fraction of sp³-hybridized carbons (Fsp3) is 0.407. The van der Waals surface area contributed by atoms with Gasteiger partial charge in [0.1, 0.15) is 29.6 Å². The van der Waals surface area contributed by atoms with Crippen molar-refractivity contribution < 1.29 is 14.3 Å². The van der Waals surface area contributed by atoms with Gasteiger partial charge >= 0.3 is 0 Å². The third-order valence-corrected chi connectivity index (χ3v) is 8.27. The van der Waals surface area contributed by atoms with E-state index in [2.05, 4.69) is 11.3 Å². The van der Waals surface area contributed by atoms with E-state index < -0.39 is 11.5 Å². The highest BCUT2D eigenvalue weighted by molar-refractivity contribution is 6.42. The topological polar surface area (TPSA) is 92.5 Å². The first-order valence-electron chi connectivity index (χ1n) is 12.5. The summed E-state index contributed by atoms with van der Waals surface area (Å²) in [5.74, 6) is -0.0260. The molecule has 0 aliphatic carbocycles. The van der Waals surface area contributed by atoms with E-state index in [1.54, 1.807) is 26.8 Å². The van der Waals surface area contributed by atoms with Crippen molar-refractivity contribution in [3.63, 3.8) is 0 Å². The second kappa shape index (κ2) is 9.27. The molecule has 37 heavy (non-hydrogen) atoms. The minimum Gasteiger partial charge on any atom is -0.489 e. The molecule has 4 aliphatic rings. The van der Waals surface area contributed by atoms with Crippen LogP contribution in [0.4, 0.5) is 5.69 Å². The first kappa shape index (κ1) is 23.6. The van der Waals surface area contributed by atoms with Crippen LogP contribution < -0.4 is 9.64 Å². The minimum absolute atomic E-state index is 0.0704. The van der Waals surface area contributed by atoms with Gasteiger partial charge < -0.3 is 19.4 Å². The highest BCUT2D eigenvalue weighted by Crippen LogP contribution is 2.38. The van der Waals surface area contributed by atoms with Crippen LogP contribution in [0, 0.1) is 17.4 Å². The predicted octanol–water partition coefficient (Wildman–Crippen LogP) is 2.53. The van der Waals surface area contributed by atoms with Crippen molar-refractivity contribution in [1.29, 1.82) is 5.26 Å². The van der Waals surface area contributed by atoms with Crippen LogP contribution in [0.2, 0.25) is 0 Å². The molecule has 0 aromatic heterocycles. The predicted molar refractivity (Wildman–Crippen MR) is 138 cm³/mol. The fourth-order valence-electron chi connectivity index (χ4n) is 5.64. The van der Waals surface area contributed by atoms with Gasteiger partial charge in [-0.25, -0.2) is 0 Å². The quantitative estimate of drug-likeness (QED) is 0.352. The van der Waals surface area contributed by atoms with Crippen molar-refractivity contribution in [2.45, 2.75) is 37.5 Å². The molecule has 2 aromatic rings. The van der Waals surface area contributed by atoms with Crippen LogP contribution in [-0.4, -0.2) is 70.6 Å². The largest absolute Gasteiger partial charge is 0.489 e. The average molecular weight is 519 g/mol. The number of ether oxygens (including phenoxy) is 1. The number of hydrazone groups is 1. The highest BCUT2D eigenvalue weighted by Gasteiger charge is 2.48. The normalized spacial score (nSPS) is 25.0. The first-order chi connectivity index (χ1) is 17.9. The van der Waals surface area contributed by atoms with Crippen LogP contribution >= 0.6 is 11.6 Å². The van der Waals surface area contributed by atoms with Crippen molar-refractivity contribution in [1.82, 2.24) is 14.8 Å². The molecule has 0 radical (unpaired) electrons. The van der Waals surface area contributed by atoms with Crippen molar-refractivity contribution in [2.24, 2.45) is 11.0 Å². The second-order valence-electron chi connectivity index (χ2n) is 9.92. The summed E-state index contributed by atoms with van der Waals surface area (Å²) in [6, 6.07) is 13.0. The van der Waals surface area contributed by atoms with E-state index in [0.29, 0.717) is 49.7 Å². The fourth-order valence-corrected chi connectivity index (χ4v) is 6.00. The van der Waals surface area contributed by atoms with Gasteiger partial charge in [-0.3, -0.25) is 14.6 Å². The van der Waals surface area contributed by atoms with Crippen LogP contribution in [0.3, 0.4) is 0 Å². The van der Waals surface area contributed by atoms with E-state index in [-0.39, 0.29) is 24.3 Å². The Morgan fingerprint density at radius 3 is 2.76 bits per heavy atom. The number of nitriles is 1. The van der Waals surface area contributed by atoms with Crippen LogP contribution in [-0.2, 0) is 29.1 Å². The molecule has 10 heteroatoms. The van der Waals surface area contributed by atoms with E-state index in [1.807, 2.05) is 42.5 Å². The van der Waals surface area contributed by atoms with Gasteiger partial charge in [-0.05, 0) is 41.7 Å². The van der Waals surface area contributed by atoms with E-state index in [0.717, 1.165) is 23.1 Å². The Morgan fingerprint density at radius 2 is 1.97 bits per heavy atom. The summed E-state index contributed by atoms with van der Waals surface area (Å²) in [6.07, 6.45) is 3.57. The van der Waals surface area contributed by atoms with Crippen molar-refractivity contribution >= 4 is 34.8 Å². The molecule has 0 N–H and O–H groups in total. The summed E-state index contributed by atoms with van der Waals surface area (Å²) in [5, 5.41) is 15.7. The maximum absolute atomic E-state index is 13.6. The van der Waals surface area contributed by atoms with Crippen molar-refractivity contribution in [2.75, 3.05) is 31.6 Å². The van der Waals surface area contributed by atoms with Crippen LogP contribution in [0.25, 0.3) is 0 Å². The lowest BCUT2D eigenvalue weighted by molar-refractivity contribution is -0.136. The molecule has 1 fully saturated rings. The molecule has 0 saturated carbocycles. The van der Waals surface area contributed by atoms with Crippen molar-refractivity contribution in [3.05, 3.63) is 59.2 Å². The number of hydrogen-bond donors (Lipinski definition) is 0. The Kier molecular flexibility index (Phi) is 5.92. The molecule has 1 saturated heterocycles. The molecule has 3 atom stereocenters. The number of halogens is 1. The number of fused-ring (bicyclic) bond motifs is 3. The van der Waals surface area contributed by atoms with E-state index in [9.17, 15) is 14.9 Å². The number of carbonyl (C=O) groups excluding carboxylic acids is 2. The number of carbonyl (C=O) groups is 2. The van der Waals surface area contributed by atoms with Crippen LogP contribution in [0.1, 0.15) is 23.1 Å². The molecular formula is C27H27ClN6O3. The standard InChI is InChI=1S/C27H27ClN6O3/c1-31-21-11-19-14-32(16-29)9-7-18(19)12-23(21)37-15-22(26(31)35)33-10-8-20-24(27(33)36)30-34(25(20)28)13-17-5-3-2-4-6-17/h2-6,11-12,20,22,25H,7-10,13-15H2,1H3/t20?,22-,25?/m0/s1. The number of alkyl halides is 1. The SMILES string of the molecule is CN1C(=O)[C@@H](N2CCC3C(=NN(Cc4ccccc4)C3Cl)C2=O)COc2cc3c(cc21)CN(C#N)CC3. The lowest BCUT2D eigenvalue weighted by Crippen LogP contribution is -2.57. The zero-order valence-corrected chi connectivity index (χ0v) is 21.3. The van der Waals surface area contributed by atoms with Crippen LogP contribution in [0.5, 0.6) is 5.75 Å². The second-order valence-corrected chi connectivity index (χ2v) is 10.4. The van der Waals surface area contributed by atoms with Crippen LogP contribution in [0.15, 0.2) is 47.6 Å². The number of hydrogen-bond acceptors (Lipinski definition) is 7. The number of amides is 2. The maximum atomic E-state index is 13.6. The average Bonchev–Trinajstić information content (AvgIpc) is 3.18. The molecule has 4 aliphatic heterocycles. The van der Waals surface area contributed by atoms with Gasteiger partial charge in [0.2, 0.25) is 0 Å². The number of benzene rings is 2. The number of likely N-dealkylation sites (tertiary alicyclic amines) is 1. The van der Waals surface area contributed by atoms with Gasteiger partial charge in [-0.15, -0.1) is 0 Å². The first-order valence-corrected chi connectivity index (χ1v) is 12.9. The third-order valence-electron chi connectivity index (χ3n) is 7.74. The summed E-state index contributed by atoms with van der Waals surface area (Å²) < 4.78 is 6.14. The Bertz CT molecular complexity index is 1330. The Balaban J connectivity index is 1.23. The molecule has 6 rings (SSSR count). The lowest BCUT2D eigenvalue weighted by atomic mass is 9.93. The molecule has 190 valence electrons. The molecule has 0 bridgehead atoms. The summed E-state index contributed by atoms with van der Waals surface area (Å²) >= 11 is 6.74. The number of rotatable bonds is 3. The van der Waals surface area contributed by atoms with Gasteiger partial charge in [0.15, 0.2) is 6.19 Å².